The van der Waals surface area contributed by atoms with Crippen molar-refractivity contribution in [3.05, 3.63) is 102 Å². The van der Waals surface area contributed by atoms with Crippen molar-refractivity contribution in [2.45, 2.75) is 87.6 Å². The van der Waals surface area contributed by atoms with Gasteiger partial charge in [0.05, 0.1) is 33.8 Å². The van der Waals surface area contributed by atoms with Crippen LogP contribution in [0.3, 0.4) is 0 Å². The quantitative estimate of drug-likeness (QED) is 0.148. The largest absolute Gasteiger partial charge is 0.494 e. The van der Waals surface area contributed by atoms with E-state index >= 15 is 0 Å². The molecule has 0 radical (unpaired) electrons. The van der Waals surface area contributed by atoms with Gasteiger partial charge in [0, 0.05) is 26.6 Å². The first-order valence-electron chi connectivity index (χ1n) is 15.8. The molecular weight excluding hydrogens is 592 g/mol. The molecule has 0 N–H and O–H groups in total. The maximum Gasteiger partial charge on any atom is 0.494 e. The summed E-state index contributed by atoms with van der Waals surface area (Å²) in [5.74, 6) is 0.00116. The Morgan fingerprint density at radius 2 is 0.978 bits per heavy atom. The minimum absolute atomic E-state index is 0.00116. The molecule has 0 aliphatic carbocycles. The Hall–Kier alpha value is -3.33. The molecular formula is C37H39B2NO5S. The molecule has 3 aliphatic rings. The van der Waals surface area contributed by atoms with Crippen molar-refractivity contribution in [3.8, 4) is 0 Å². The molecule has 46 heavy (non-hydrogen) atoms. The van der Waals surface area contributed by atoms with Gasteiger partial charge in [-0.1, -0.05) is 54.2 Å². The van der Waals surface area contributed by atoms with E-state index in [2.05, 4.69) is 96.7 Å². The third-order valence-electron chi connectivity index (χ3n) is 10.1. The highest BCUT2D eigenvalue weighted by atomic mass is 32.2. The predicted molar refractivity (Wildman–Crippen MR) is 187 cm³/mol. The second-order valence-corrected chi connectivity index (χ2v) is 15.4. The average molecular weight is 631 g/mol. The molecule has 234 valence electrons. The van der Waals surface area contributed by atoms with Crippen LogP contribution in [0.5, 0.6) is 0 Å². The number of anilines is 3. The molecule has 7 rings (SSSR count). The van der Waals surface area contributed by atoms with Gasteiger partial charge in [-0.3, -0.25) is 4.79 Å². The minimum atomic E-state index is -0.467. The van der Waals surface area contributed by atoms with E-state index in [-0.39, 0.29) is 5.78 Å². The minimum Gasteiger partial charge on any atom is -0.399 e. The van der Waals surface area contributed by atoms with Gasteiger partial charge in [-0.15, -0.1) is 0 Å². The molecule has 9 heteroatoms. The normalized spacial score (nSPS) is 20.4. The van der Waals surface area contributed by atoms with Gasteiger partial charge >= 0.3 is 14.2 Å². The number of fused-ring (bicyclic) bond motifs is 2. The van der Waals surface area contributed by atoms with Crippen molar-refractivity contribution in [2.24, 2.45) is 0 Å². The molecule has 0 saturated carbocycles. The number of carbonyl (C=O) groups is 1. The summed E-state index contributed by atoms with van der Waals surface area (Å²) in [6.07, 6.45) is 0. The van der Waals surface area contributed by atoms with Crippen LogP contribution in [0, 0.1) is 0 Å². The summed E-state index contributed by atoms with van der Waals surface area (Å²) in [5, 5.41) is 0. The van der Waals surface area contributed by atoms with Gasteiger partial charge in [0.15, 0.2) is 5.78 Å². The maximum absolute atomic E-state index is 13.2. The van der Waals surface area contributed by atoms with E-state index in [1.807, 2.05) is 54.6 Å². The number of rotatable bonds is 5. The summed E-state index contributed by atoms with van der Waals surface area (Å²) in [6, 6.07) is 30.0. The van der Waals surface area contributed by atoms with Crippen LogP contribution < -0.4 is 15.8 Å². The smallest absolute Gasteiger partial charge is 0.399 e. The van der Waals surface area contributed by atoms with Crippen LogP contribution in [0.1, 0.15) is 71.3 Å². The van der Waals surface area contributed by atoms with Crippen LogP contribution in [-0.2, 0) is 18.6 Å². The molecule has 4 aromatic rings. The Bertz CT molecular complexity index is 1710. The third-order valence-corrected chi connectivity index (χ3v) is 11.2. The number of carbonyl (C=O) groups excluding carboxylic acids is 1. The monoisotopic (exact) mass is 631 g/mol. The van der Waals surface area contributed by atoms with Crippen LogP contribution in [0.2, 0.25) is 0 Å². The summed E-state index contributed by atoms with van der Waals surface area (Å²) in [7, 11) is -0.935. The summed E-state index contributed by atoms with van der Waals surface area (Å²) < 4.78 is 25.6. The van der Waals surface area contributed by atoms with Gasteiger partial charge in [0.2, 0.25) is 0 Å². The Morgan fingerprint density at radius 3 is 1.41 bits per heavy atom. The fourth-order valence-electron chi connectivity index (χ4n) is 5.89. The Morgan fingerprint density at radius 1 is 0.565 bits per heavy atom. The lowest BCUT2D eigenvalue weighted by Crippen LogP contribution is -2.41. The van der Waals surface area contributed by atoms with Crippen molar-refractivity contribution >= 4 is 59.8 Å². The molecule has 0 aromatic heterocycles. The number of nitrogens with zero attached hydrogens (tertiary/aromatic N) is 1. The molecule has 0 spiro atoms. The van der Waals surface area contributed by atoms with E-state index in [1.54, 1.807) is 11.8 Å². The fraction of sp³-hybridized carbons (Fsp3) is 0.324. The summed E-state index contributed by atoms with van der Waals surface area (Å²) in [4.78, 5) is 17.6. The number of hydrogen-bond donors (Lipinski definition) is 0. The van der Waals surface area contributed by atoms with Crippen LogP contribution in [0.4, 0.5) is 17.1 Å². The first-order valence-corrected chi connectivity index (χ1v) is 16.6. The zero-order valence-electron chi connectivity index (χ0n) is 27.7. The highest BCUT2D eigenvalue weighted by Crippen LogP contribution is 2.51. The standard InChI is InChI=1S/C37H39B2NO5S/c1-34(2)35(3,4)43-38(42-34)26-16-20-29-31(22-26)46-32-23-27(39-44-36(5,6)37(7,8)45-39)17-21-30(32)40(29)28-18-14-25(15-19-28)33(41)24-12-10-9-11-13-24/h9-23H,1-8H3. The number of benzene rings is 4. The molecule has 0 atom stereocenters. The molecule has 0 amide bonds. The Kier molecular flexibility index (Phi) is 7.38. The third kappa shape index (κ3) is 5.23. The second-order valence-electron chi connectivity index (χ2n) is 14.3. The van der Waals surface area contributed by atoms with Gasteiger partial charge in [-0.25, -0.2) is 0 Å². The van der Waals surface area contributed by atoms with E-state index in [1.165, 1.54) is 0 Å². The van der Waals surface area contributed by atoms with Gasteiger partial charge in [-0.05, 0) is 115 Å². The Balaban J connectivity index is 1.28. The molecule has 0 unspecified atom stereocenters. The SMILES string of the molecule is CC1(C)OB(c2ccc3c(c2)Sc2cc(B4OC(C)(C)C(C)(C)O4)ccc2N3c2ccc(C(=O)c3ccccc3)cc2)OC1(C)C. The molecule has 2 saturated heterocycles. The van der Waals surface area contributed by atoms with Crippen LogP contribution in [0.15, 0.2) is 101 Å². The average Bonchev–Trinajstić information content (AvgIpc) is 3.38. The zero-order valence-corrected chi connectivity index (χ0v) is 28.5. The molecule has 2 fully saturated rings. The highest BCUT2D eigenvalue weighted by molar-refractivity contribution is 7.99. The maximum atomic E-state index is 13.2. The molecule has 3 heterocycles. The van der Waals surface area contributed by atoms with Gasteiger partial charge in [0.1, 0.15) is 0 Å². The van der Waals surface area contributed by atoms with Crippen molar-refractivity contribution in [3.63, 3.8) is 0 Å². The molecule has 6 nitrogen and oxygen atoms in total. The molecule has 4 aromatic carbocycles. The topological polar surface area (TPSA) is 57.2 Å². The highest BCUT2D eigenvalue weighted by Gasteiger charge is 2.53. The lowest BCUT2D eigenvalue weighted by atomic mass is 9.78. The lowest BCUT2D eigenvalue weighted by Gasteiger charge is -2.33. The number of hydrogen-bond acceptors (Lipinski definition) is 7. The van der Waals surface area contributed by atoms with Crippen molar-refractivity contribution in [1.82, 2.24) is 0 Å². The van der Waals surface area contributed by atoms with E-state index in [0.717, 1.165) is 37.8 Å². The van der Waals surface area contributed by atoms with Crippen LogP contribution in [0.25, 0.3) is 0 Å². The predicted octanol–water partition coefficient (Wildman–Crippen LogP) is 7.45. The van der Waals surface area contributed by atoms with E-state index in [4.69, 9.17) is 18.6 Å². The van der Waals surface area contributed by atoms with Crippen LogP contribution in [-0.4, -0.2) is 42.4 Å². The van der Waals surface area contributed by atoms with Crippen molar-refractivity contribution in [1.29, 1.82) is 0 Å². The van der Waals surface area contributed by atoms with E-state index < -0.39 is 36.6 Å². The summed E-state index contributed by atoms with van der Waals surface area (Å²) >= 11 is 1.71. The second kappa shape index (κ2) is 10.9. The number of ketones is 1. The van der Waals surface area contributed by atoms with Crippen LogP contribution >= 0.6 is 11.8 Å². The lowest BCUT2D eigenvalue weighted by molar-refractivity contribution is 0.00578. The van der Waals surface area contributed by atoms with E-state index in [0.29, 0.717) is 11.1 Å². The Labute approximate surface area is 277 Å². The van der Waals surface area contributed by atoms with Crippen molar-refractivity contribution in [2.75, 3.05) is 4.90 Å². The summed E-state index contributed by atoms with van der Waals surface area (Å²) in [6.45, 7) is 16.6. The molecule has 0 bridgehead atoms. The van der Waals surface area contributed by atoms with Gasteiger partial charge < -0.3 is 23.5 Å². The van der Waals surface area contributed by atoms with Gasteiger partial charge in [-0.2, -0.15) is 0 Å². The van der Waals surface area contributed by atoms with Crippen molar-refractivity contribution < 1.29 is 23.4 Å². The summed E-state index contributed by atoms with van der Waals surface area (Å²) in [5.41, 5.74) is 4.57. The fourth-order valence-corrected chi connectivity index (χ4v) is 7.05. The first-order chi connectivity index (χ1) is 21.7. The van der Waals surface area contributed by atoms with E-state index in [9.17, 15) is 4.79 Å². The zero-order chi connectivity index (χ0) is 32.6. The molecule has 3 aliphatic heterocycles. The van der Waals surface area contributed by atoms with Gasteiger partial charge in [0.25, 0.3) is 0 Å². The first kappa shape index (κ1) is 31.3.